The van der Waals surface area contributed by atoms with Crippen LogP contribution in [-0.2, 0) is 21.9 Å². The van der Waals surface area contributed by atoms with Crippen LogP contribution in [0.4, 0.5) is 0 Å². The first-order valence-corrected chi connectivity index (χ1v) is 13.3. The first-order valence-electron chi connectivity index (χ1n) is 10.9. The molecule has 0 unspecified atom stereocenters. The lowest BCUT2D eigenvalue weighted by atomic mass is 10.2. The summed E-state index contributed by atoms with van der Waals surface area (Å²) in [6.07, 6.45) is 6.37. The lowest BCUT2D eigenvalue weighted by Crippen LogP contribution is -2.33. The van der Waals surface area contributed by atoms with Gasteiger partial charge in [0.2, 0.25) is 15.9 Å². The molecular weight excluding hydrogens is 434 g/mol. The van der Waals surface area contributed by atoms with Gasteiger partial charge in [-0.1, -0.05) is 24.6 Å². The second-order valence-electron chi connectivity index (χ2n) is 8.08. The van der Waals surface area contributed by atoms with Crippen LogP contribution in [0.5, 0.6) is 0 Å². The lowest BCUT2D eigenvalue weighted by molar-refractivity contribution is -0.128. The number of hydrogen-bond acceptors (Lipinski definition) is 6. The van der Waals surface area contributed by atoms with Crippen LogP contribution in [0.25, 0.3) is 11.4 Å². The smallest absolute Gasteiger partial charge is 0.243 e. The third kappa shape index (κ3) is 4.96. The predicted molar refractivity (Wildman–Crippen MR) is 120 cm³/mol. The van der Waals surface area contributed by atoms with E-state index in [-0.39, 0.29) is 5.91 Å². The van der Waals surface area contributed by atoms with Crippen molar-refractivity contribution in [3.63, 3.8) is 0 Å². The van der Waals surface area contributed by atoms with Crippen LogP contribution < -0.4 is 0 Å². The molecule has 3 heterocycles. The summed E-state index contributed by atoms with van der Waals surface area (Å²) < 4.78 is 28.8. The number of aromatic nitrogens is 3. The molecule has 10 heteroatoms. The minimum absolute atomic E-state index is 0.146. The van der Waals surface area contributed by atoms with Gasteiger partial charge in [-0.05, 0) is 49.9 Å². The van der Waals surface area contributed by atoms with Crippen LogP contribution in [0.2, 0.25) is 0 Å². The molecular formula is C21H29N5O3S2. The summed E-state index contributed by atoms with van der Waals surface area (Å²) in [5, 5.41) is 9.18. The monoisotopic (exact) mass is 463 g/mol. The van der Waals surface area contributed by atoms with Gasteiger partial charge in [0.1, 0.15) is 0 Å². The highest BCUT2D eigenvalue weighted by atomic mass is 32.2. The molecule has 168 valence electrons. The second-order valence-corrected chi connectivity index (χ2v) is 11.0. The van der Waals surface area contributed by atoms with E-state index in [4.69, 9.17) is 0 Å². The van der Waals surface area contributed by atoms with Crippen LogP contribution in [0, 0.1) is 0 Å². The SMILES string of the molecule is Cn1c(SCC(=O)N2CCCCCC2)nnc1-c1ccc(S(=O)(=O)N2CCCC2)cc1. The Morgan fingerprint density at radius 3 is 2.19 bits per heavy atom. The number of rotatable bonds is 6. The number of hydrogen-bond donors (Lipinski definition) is 0. The van der Waals surface area contributed by atoms with E-state index in [0.717, 1.165) is 44.3 Å². The van der Waals surface area contributed by atoms with Gasteiger partial charge in [-0.2, -0.15) is 4.31 Å². The molecule has 2 fully saturated rings. The summed E-state index contributed by atoms with van der Waals surface area (Å²) in [4.78, 5) is 14.8. The van der Waals surface area contributed by atoms with Crippen molar-refractivity contribution in [1.82, 2.24) is 24.0 Å². The van der Waals surface area contributed by atoms with Crippen molar-refractivity contribution >= 4 is 27.7 Å². The van der Waals surface area contributed by atoms with Gasteiger partial charge in [0.25, 0.3) is 0 Å². The first kappa shape index (κ1) is 22.3. The molecule has 0 bridgehead atoms. The van der Waals surface area contributed by atoms with Gasteiger partial charge in [0.15, 0.2) is 11.0 Å². The highest BCUT2D eigenvalue weighted by Gasteiger charge is 2.27. The molecule has 1 amide bonds. The maximum Gasteiger partial charge on any atom is 0.243 e. The Morgan fingerprint density at radius 2 is 1.55 bits per heavy atom. The lowest BCUT2D eigenvalue weighted by Gasteiger charge is -2.19. The molecule has 2 aliphatic heterocycles. The van der Waals surface area contributed by atoms with Crippen molar-refractivity contribution in [1.29, 1.82) is 0 Å². The third-order valence-electron chi connectivity index (χ3n) is 5.93. The van der Waals surface area contributed by atoms with Crippen LogP contribution in [0.3, 0.4) is 0 Å². The molecule has 8 nitrogen and oxygen atoms in total. The maximum atomic E-state index is 12.7. The number of carbonyl (C=O) groups is 1. The number of likely N-dealkylation sites (tertiary alicyclic amines) is 1. The molecule has 0 aliphatic carbocycles. The van der Waals surface area contributed by atoms with E-state index in [0.29, 0.717) is 34.7 Å². The molecule has 2 aliphatic rings. The van der Waals surface area contributed by atoms with Crippen molar-refractivity contribution in [2.45, 2.75) is 48.6 Å². The van der Waals surface area contributed by atoms with E-state index in [9.17, 15) is 13.2 Å². The maximum absolute atomic E-state index is 12.7. The van der Waals surface area contributed by atoms with Crippen molar-refractivity contribution in [3.05, 3.63) is 24.3 Å². The Balaban J connectivity index is 1.42. The first-order chi connectivity index (χ1) is 15.0. The van der Waals surface area contributed by atoms with Crippen LogP contribution in [0.1, 0.15) is 38.5 Å². The Morgan fingerprint density at radius 1 is 0.935 bits per heavy atom. The Labute approximate surface area is 188 Å². The van der Waals surface area contributed by atoms with Crippen molar-refractivity contribution < 1.29 is 13.2 Å². The van der Waals surface area contributed by atoms with Gasteiger partial charge in [0.05, 0.1) is 10.6 Å². The number of benzene rings is 1. The van der Waals surface area contributed by atoms with Gasteiger partial charge < -0.3 is 9.47 Å². The molecule has 31 heavy (non-hydrogen) atoms. The van der Waals surface area contributed by atoms with Crippen LogP contribution in [-0.4, -0.2) is 70.2 Å². The number of sulfonamides is 1. The summed E-state index contributed by atoms with van der Waals surface area (Å²) in [7, 11) is -1.57. The average Bonchev–Trinajstić information content (AvgIpc) is 3.36. The van der Waals surface area contributed by atoms with Crippen molar-refractivity contribution in [3.8, 4) is 11.4 Å². The molecule has 2 aromatic rings. The van der Waals surface area contributed by atoms with Crippen LogP contribution in [0.15, 0.2) is 34.3 Å². The number of thioether (sulfide) groups is 1. The fourth-order valence-corrected chi connectivity index (χ4v) is 6.41. The molecule has 2 saturated heterocycles. The predicted octanol–water partition coefficient (Wildman–Crippen LogP) is 2.76. The van der Waals surface area contributed by atoms with E-state index in [1.165, 1.54) is 24.6 Å². The Hall–Kier alpha value is -1.91. The highest BCUT2D eigenvalue weighted by Crippen LogP contribution is 2.26. The zero-order chi connectivity index (χ0) is 21.8. The zero-order valence-corrected chi connectivity index (χ0v) is 19.5. The summed E-state index contributed by atoms with van der Waals surface area (Å²) in [6.45, 7) is 2.86. The summed E-state index contributed by atoms with van der Waals surface area (Å²) >= 11 is 1.39. The van der Waals surface area contributed by atoms with Gasteiger partial charge in [0, 0.05) is 38.8 Å². The van der Waals surface area contributed by atoms with Gasteiger partial charge in [-0.3, -0.25) is 4.79 Å². The number of nitrogens with zero attached hydrogens (tertiary/aromatic N) is 5. The Bertz CT molecular complexity index is 1010. The molecule has 4 rings (SSSR count). The molecule has 0 atom stereocenters. The van der Waals surface area contributed by atoms with E-state index in [1.807, 2.05) is 16.5 Å². The van der Waals surface area contributed by atoms with Crippen molar-refractivity contribution in [2.75, 3.05) is 31.9 Å². The molecule has 0 N–H and O–H groups in total. The van der Waals surface area contributed by atoms with E-state index >= 15 is 0 Å². The second kappa shape index (κ2) is 9.70. The number of amides is 1. The fraction of sp³-hybridized carbons (Fsp3) is 0.571. The zero-order valence-electron chi connectivity index (χ0n) is 17.9. The normalized spacial score (nSPS) is 18.3. The molecule has 0 spiro atoms. The largest absolute Gasteiger partial charge is 0.342 e. The third-order valence-corrected chi connectivity index (χ3v) is 8.85. The fourth-order valence-electron chi connectivity index (χ4n) is 4.08. The standard InChI is InChI=1S/C21H29N5O3S2/c1-24-20(17-8-10-18(11-9-17)31(28,29)26-14-6-7-15-26)22-23-21(24)30-16-19(27)25-12-4-2-3-5-13-25/h8-11H,2-7,12-16H2,1H3. The minimum Gasteiger partial charge on any atom is -0.342 e. The summed E-state index contributed by atoms with van der Waals surface area (Å²) in [5.74, 6) is 1.14. The quantitative estimate of drug-likeness (QED) is 0.612. The molecule has 0 saturated carbocycles. The highest BCUT2D eigenvalue weighted by molar-refractivity contribution is 7.99. The summed E-state index contributed by atoms with van der Waals surface area (Å²) in [6, 6.07) is 6.80. The Kier molecular flexibility index (Phi) is 6.98. The number of carbonyl (C=O) groups excluding carboxylic acids is 1. The summed E-state index contributed by atoms with van der Waals surface area (Å²) in [5.41, 5.74) is 0.793. The van der Waals surface area contributed by atoms with Gasteiger partial charge in [-0.25, -0.2) is 8.42 Å². The van der Waals surface area contributed by atoms with Gasteiger partial charge in [-0.15, -0.1) is 10.2 Å². The van der Waals surface area contributed by atoms with Crippen molar-refractivity contribution in [2.24, 2.45) is 7.05 Å². The van der Waals surface area contributed by atoms with E-state index in [2.05, 4.69) is 10.2 Å². The molecule has 1 aromatic carbocycles. The van der Waals surface area contributed by atoms with Crippen LogP contribution >= 0.6 is 11.8 Å². The van der Waals surface area contributed by atoms with Gasteiger partial charge >= 0.3 is 0 Å². The van der Waals surface area contributed by atoms with E-state index in [1.54, 1.807) is 28.6 Å². The average molecular weight is 464 g/mol. The minimum atomic E-state index is -3.43. The molecule has 1 aromatic heterocycles. The molecule has 0 radical (unpaired) electrons. The topological polar surface area (TPSA) is 88.4 Å². The van der Waals surface area contributed by atoms with E-state index < -0.39 is 10.0 Å².